The summed E-state index contributed by atoms with van der Waals surface area (Å²) in [7, 11) is -4.95. The molecule has 15 heteroatoms. The van der Waals surface area contributed by atoms with E-state index in [1.54, 1.807) is 0 Å². The van der Waals surface area contributed by atoms with Crippen LogP contribution < -0.4 is 5.73 Å². The maximum Gasteiger partial charge on any atom is 0.332 e. The monoisotopic (exact) mass is 489 g/mol. The van der Waals surface area contributed by atoms with Crippen molar-refractivity contribution in [2.45, 2.75) is 35.5 Å². The molecule has 0 saturated carbocycles. The molecule has 0 bridgehead atoms. The van der Waals surface area contributed by atoms with Crippen molar-refractivity contribution in [1.29, 1.82) is 0 Å². The van der Waals surface area contributed by atoms with Gasteiger partial charge in [0, 0.05) is 5.56 Å². The van der Waals surface area contributed by atoms with E-state index in [1.807, 2.05) is 0 Å². The summed E-state index contributed by atoms with van der Waals surface area (Å²) in [6.45, 7) is 0. The Hall–Kier alpha value is -2.75. The smallest absolute Gasteiger partial charge is 0.332 e. The Bertz CT molecular complexity index is 1260. The topological polar surface area (TPSA) is 191 Å². The van der Waals surface area contributed by atoms with Crippen molar-refractivity contribution in [1.82, 2.24) is 19.5 Å². The number of imidazole rings is 1. The van der Waals surface area contributed by atoms with Crippen molar-refractivity contribution in [3.05, 3.63) is 42.5 Å². The van der Waals surface area contributed by atoms with Gasteiger partial charge in [-0.25, -0.2) is 15.0 Å². The molecule has 1 aliphatic heterocycles. The van der Waals surface area contributed by atoms with Crippen LogP contribution in [0.4, 0.5) is 9.70 Å². The van der Waals surface area contributed by atoms with E-state index < -0.39 is 51.5 Å². The molecular weight excluding hydrogens is 473 g/mol. The van der Waals surface area contributed by atoms with Crippen LogP contribution in [-0.2, 0) is 15.0 Å². The third kappa shape index (κ3) is 4.03. The first-order valence-electron chi connectivity index (χ1n) is 8.81. The van der Waals surface area contributed by atoms with Gasteiger partial charge in [0.05, 0.1) is 11.2 Å². The molecule has 0 spiro atoms. The van der Waals surface area contributed by atoms with E-state index in [-0.39, 0.29) is 35.0 Å². The quantitative estimate of drug-likeness (QED) is 0.263. The number of hydrogen-bond donors (Lipinski definition) is 4. The number of nitrogens with zero attached hydrogens (tertiary/aromatic N) is 4. The van der Waals surface area contributed by atoms with Gasteiger partial charge in [0.2, 0.25) is 0 Å². The molecule has 5 unspecified atom stereocenters. The van der Waals surface area contributed by atoms with Crippen molar-refractivity contribution in [3.63, 3.8) is 0 Å². The molecule has 0 radical (unpaired) electrons. The largest absolute Gasteiger partial charge is 0.387 e. The zero-order chi connectivity index (χ0) is 22.5. The number of anilines is 1. The lowest BCUT2D eigenvalue weighted by atomic mass is 9.98. The highest BCUT2D eigenvalue weighted by Gasteiger charge is 2.49. The van der Waals surface area contributed by atoms with Gasteiger partial charge in [0.1, 0.15) is 36.3 Å². The van der Waals surface area contributed by atoms with Gasteiger partial charge < -0.3 is 25.8 Å². The lowest BCUT2D eigenvalue weighted by molar-refractivity contribution is -0.0725. The molecule has 5 N–H and O–H groups in total. The van der Waals surface area contributed by atoms with Gasteiger partial charge in [-0.05, 0) is 24.3 Å². The van der Waals surface area contributed by atoms with Crippen LogP contribution in [-0.4, -0.2) is 73.5 Å². The molecule has 12 nitrogen and oxygen atoms in total. The van der Waals surface area contributed by atoms with Gasteiger partial charge in [-0.1, -0.05) is 0 Å². The highest BCUT2D eigenvalue weighted by molar-refractivity contribution is 7.86. The van der Waals surface area contributed by atoms with Gasteiger partial charge in [-0.3, -0.25) is 9.36 Å². The number of carbonyl (C=O) groups is 1. The first-order chi connectivity index (χ1) is 14.6. The van der Waals surface area contributed by atoms with Gasteiger partial charge in [0.25, 0.3) is 0 Å². The second kappa shape index (κ2) is 8.65. The second-order valence-electron chi connectivity index (χ2n) is 6.83. The molecule has 0 amide bonds. The summed E-state index contributed by atoms with van der Waals surface area (Å²) in [5.74, 6) is -0.843. The van der Waals surface area contributed by atoms with Crippen molar-refractivity contribution < 1.29 is 37.2 Å². The van der Waals surface area contributed by atoms with E-state index in [0.29, 0.717) is 0 Å². The highest BCUT2D eigenvalue weighted by Crippen LogP contribution is 2.34. The Balaban J connectivity index is 0.00000289. The predicted molar refractivity (Wildman–Crippen MR) is 108 cm³/mol. The van der Waals surface area contributed by atoms with Crippen LogP contribution >= 0.6 is 12.4 Å². The third-order valence-corrected chi connectivity index (χ3v) is 5.77. The molecule has 1 saturated heterocycles. The van der Waals surface area contributed by atoms with Crippen molar-refractivity contribution in [3.8, 4) is 0 Å². The summed E-state index contributed by atoms with van der Waals surface area (Å²) in [5, 5.41) is 31.2. The van der Waals surface area contributed by atoms with Crippen LogP contribution in [0.5, 0.6) is 0 Å². The minimum atomic E-state index is -4.95. The molecule has 2 aromatic heterocycles. The van der Waals surface area contributed by atoms with Gasteiger partial charge in [-0.15, -0.1) is 16.3 Å². The Morgan fingerprint density at radius 3 is 2.44 bits per heavy atom. The van der Waals surface area contributed by atoms with Crippen LogP contribution in [0.1, 0.15) is 16.6 Å². The summed E-state index contributed by atoms with van der Waals surface area (Å²) in [6, 6.07) is 3.74. The summed E-state index contributed by atoms with van der Waals surface area (Å²) in [6.07, 6.45) is -5.49. The number of nitrogens with two attached hydrogens (primary N) is 1. The second-order valence-corrected chi connectivity index (χ2v) is 8.17. The molecule has 3 heterocycles. The molecule has 1 aromatic carbocycles. The molecule has 1 aliphatic rings. The van der Waals surface area contributed by atoms with Crippen molar-refractivity contribution in [2.75, 3.05) is 5.73 Å². The summed E-state index contributed by atoms with van der Waals surface area (Å²) >= 11 is 0. The van der Waals surface area contributed by atoms with E-state index in [9.17, 15) is 32.4 Å². The minimum Gasteiger partial charge on any atom is -0.387 e. The standard InChI is InChI=1S/C17H16FN5O7S.ClH/c18-31(28,29)8-3-1-7(2-4-8)10(24)11(25)14-12(26)13(27)17(30-14)23-6-22-9-15(19)20-5-21-16(9)23;/h1-6,11-14,17,25-27H,(H2,19,20,21);1H. The average Bonchev–Trinajstić information content (AvgIpc) is 3.29. The Morgan fingerprint density at radius 1 is 1.16 bits per heavy atom. The normalized spacial score (nSPS) is 24.2. The van der Waals surface area contributed by atoms with Crippen LogP contribution in [0, 0.1) is 0 Å². The maximum absolute atomic E-state index is 13.0. The number of aromatic nitrogens is 4. The number of Topliss-reactive ketones (excluding diaryl/α,β-unsaturated/α-hetero) is 1. The number of fused-ring (bicyclic) bond motifs is 1. The zero-order valence-corrected chi connectivity index (χ0v) is 17.5. The molecule has 1 fully saturated rings. The number of rotatable bonds is 5. The van der Waals surface area contributed by atoms with Crippen LogP contribution in [0.2, 0.25) is 0 Å². The zero-order valence-electron chi connectivity index (χ0n) is 15.9. The molecule has 3 aromatic rings. The lowest BCUT2D eigenvalue weighted by Gasteiger charge is -2.20. The first kappa shape index (κ1) is 23.9. The molecule has 0 aliphatic carbocycles. The predicted octanol–water partition coefficient (Wildman–Crippen LogP) is -0.649. The molecule has 4 rings (SSSR count). The molecule has 5 atom stereocenters. The highest BCUT2D eigenvalue weighted by atomic mass is 35.5. The fourth-order valence-corrected chi connectivity index (χ4v) is 3.80. The third-order valence-electron chi connectivity index (χ3n) is 4.94. The van der Waals surface area contributed by atoms with Crippen LogP contribution in [0.25, 0.3) is 11.2 Å². The number of benzene rings is 1. The summed E-state index contributed by atoms with van der Waals surface area (Å²) in [5.41, 5.74) is 6.01. The van der Waals surface area contributed by atoms with E-state index in [0.717, 1.165) is 24.3 Å². The first-order valence-corrected chi connectivity index (χ1v) is 10.2. The van der Waals surface area contributed by atoms with Gasteiger partial charge in [-0.2, -0.15) is 8.42 Å². The Morgan fingerprint density at radius 2 is 1.81 bits per heavy atom. The fourth-order valence-electron chi connectivity index (χ4n) is 3.33. The van der Waals surface area contributed by atoms with E-state index in [2.05, 4.69) is 15.0 Å². The fraction of sp³-hybridized carbons (Fsp3) is 0.294. The number of aliphatic hydroxyl groups excluding tert-OH is 3. The number of ketones is 1. The van der Waals surface area contributed by atoms with Gasteiger partial charge in [0.15, 0.2) is 23.5 Å². The van der Waals surface area contributed by atoms with Crippen LogP contribution in [0.15, 0.2) is 41.8 Å². The number of halogens is 2. The number of hydrogen-bond acceptors (Lipinski definition) is 11. The number of nitrogen functional groups attached to an aromatic ring is 1. The molecule has 172 valence electrons. The number of carbonyl (C=O) groups excluding carboxylic acids is 1. The van der Waals surface area contributed by atoms with Gasteiger partial charge >= 0.3 is 10.2 Å². The summed E-state index contributed by atoms with van der Waals surface area (Å²) in [4.78, 5) is 23.8. The SMILES string of the molecule is Cl.Nc1ncnc2c1ncn2C1OC(C(O)C(=O)c2ccc(S(=O)(=O)F)cc2)C(O)C1O. The van der Waals surface area contributed by atoms with Crippen molar-refractivity contribution >= 4 is 45.4 Å². The lowest BCUT2D eigenvalue weighted by Crippen LogP contribution is -2.42. The Kier molecular flexibility index (Phi) is 6.46. The number of ether oxygens (including phenoxy) is 1. The Labute approximate surface area is 186 Å². The van der Waals surface area contributed by atoms with Crippen LogP contribution in [0.3, 0.4) is 0 Å². The van der Waals surface area contributed by atoms with Crippen molar-refractivity contribution in [2.24, 2.45) is 0 Å². The molecule has 32 heavy (non-hydrogen) atoms. The minimum absolute atomic E-state index is 0. The maximum atomic E-state index is 13.0. The van der Waals surface area contributed by atoms with E-state index in [1.165, 1.54) is 17.2 Å². The average molecular weight is 490 g/mol. The number of aliphatic hydroxyl groups is 3. The van der Waals surface area contributed by atoms with E-state index in [4.69, 9.17) is 10.5 Å². The van der Waals surface area contributed by atoms with E-state index >= 15 is 0 Å². The summed E-state index contributed by atoms with van der Waals surface area (Å²) < 4.78 is 41.6. The molecular formula is C17H17ClFN5O7S.